The van der Waals surface area contributed by atoms with Gasteiger partial charge in [-0.15, -0.1) is 0 Å². The van der Waals surface area contributed by atoms with Gasteiger partial charge in [0.15, 0.2) is 0 Å². The number of likely N-dealkylation sites (tertiary alicyclic amines) is 1. The Morgan fingerprint density at radius 2 is 2.27 bits per heavy atom. The molecule has 0 amide bonds. The molecular weight excluding hydrogens is 195 g/mol. The van der Waals surface area contributed by atoms with Crippen LogP contribution in [0.5, 0.6) is 0 Å². The molecule has 0 aromatic carbocycles. The molecule has 2 rings (SSSR count). The highest BCUT2D eigenvalue weighted by Gasteiger charge is 2.32. The van der Waals surface area contributed by atoms with Crippen LogP contribution in [-0.2, 0) is 4.74 Å². The third kappa shape index (κ3) is 2.49. The van der Waals surface area contributed by atoms with Gasteiger partial charge in [-0.1, -0.05) is 6.58 Å². The molecule has 86 valence electrons. The van der Waals surface area contributed by atoms with E-state index in [9.17, 15) is 4.39 Å². The lowest BCUT2D eigenvalue weighted by Crippen LogP contribution is -2.57. The maximum Gasteiger partial charge on any atom is 0.133 e. The SMILES string of the molecule is C=C(C)N1CCC(NC2COC2)C(F)C1. The summed E-state index contributed by atoms with van der Waals surface area (Å²) >= 11 is 0. The predicted octanol–water partition coefficient (Wildman–Crippen LogP) is 0.921. The van der Waals surface area contributed by atoms with E-state index in [-0.39, 0.29) is 6.04 Å². The molecule has 3 nitrogen and oxygen atoms in total. The minimum absolute atomic E-state index is 0.00509. The highest BCUT2D eigenvalue weighted by molar-refractivity contribution is 4.97. The molecule has 2 atom stereocenters. The second kappa shape index (κ2) is 4.49. The van der Waals surface area contributed by atoms with Gasteiger partial charge in [0.1, 0.15) is 6.17 Å². The van der Waals surface area contributed by atoms with E-state index in [1.807, 2.05) is 11.8 Å². The number of piperidine rings is 1. The average Bonchev–Trinajstić information content (AvgIpc) is 2.12. The first-order valence-electron chi connectivity index (χ1n) is 5.55. The summed E-state index contributed by atoms with van der Waals surface area (Å²) in [5.41, 5.74) is 0.961. The maximum absolute atomic E-state index is 13.8. The summed E-state index contributed by atoms with van der Waals surface area (Å²) in [6.07, 6.45) is 0.0564. The highest BCUT2D eigenvalue weighted by atomic mass is 19.1. The molecule has 0 bridgehead atoms. The Morgan fingerprint density at radius 1 is 1.53 bits per heavy atom. The van der Waals surface area contributed by atoms with Crippen LogP contribution in [0, 0.1) is 0 Å². The van der Waals surface area contributed by atoms with Gasteiger partial charge < -0.3 is 15.0 Å². The molecular formula is C11H19FN2O. The van der Waals surface area contributed by atoms with E-state index in [1.165, 1.54) is 0 Å². The molecule has 0 saturated carbocycles. The zero-order chi connectivity index (χ0) is 10.8. The van der Waals surface area contributed by atoms with Crippen LogP contribution in [0.3, 0.4) is 0 Å². The van der Waals surface area contributed by atoms with Crippen LogP contribution in [0.4, 0.5) is 4.39 Å². The van der Waals surface area contributed by atoms with Crippen molar-refractivity contribution in [2.75, 3.05) is 26.3 Å². The van der Waals surface area contributed by atoms with Gasteiger partial charge in [0.2, 0.25) is 0 Å². The summed E-state index contributed by atoms with van der Waals surface area (Å²) in [5.74, 6) is 0. The van der Waals surface area contributed by atoms with Crippen molar-refractivity contribution in [2.45, 2.75) is 31.6 Å². The monoisotopic (exact) mass is 214 g/mol. The summed E-state index contributed by atoms with van der Waals surface area (Å²) < 4.78 is 18.9. The molecule has 1 N–H and O–H groups in total. The summed E-state index contributed by atoms with van der Waals surface area (Å²) in [7, 11) is 0. The summed E-state index contributed by atoms with van der Waals surface area (Å²) in [6, 6.07) is 0.360. The first kappa shape index (κ1) is 10.9. The van der Waals surface area contributed by atoms with Crippen LogP contribution in [0.1, 0.15) is 13.3 Å². The largest absolute Gasteiger partial charge is 0.378 e. The van der Waals surface area contributed by atoms with Gasteiger partial charge in [-0.05, 0) is 13.3 Å². The molecule has 0 aromatic heterocycles. The Morgan fingerprint density at radius 3 is 2.73 bits per heavy atom. The minimum Gasteiger partial charge on any atom is -0.378 e. The van der Waals surface area contributed by atoms with Gasteiger partial charge in [0.05, 0.1) is 25.8 Å². The van der Waals surface area contributed by atoms with Crippen molar-refractivity contribution < 1.29 is 9.13 Å². The van der Waals surface area contributed by atoms with Gasteiger partial charge in [-0.3, -0.25) is 0 Å². The fraction of sp³-hybridized carbons (Fsp3) is 0.818. The van der Waals surface area contributed by atoms with Crippen LogP contribution < -0.4 is 5.32 Å². The molecule has 2 fully saturated rings. The topological polar surface area (TPSA) is 24.5 Å². The fourth-order valence-corrected chi connectivity index (χ4v) is 2.07. The first-order valence-corrected chi connectivity index (χ1v) is 5.55. The normalized spacial score (nSPS) is 32.5. The van der Waals surface area contributed by atoms with Crippen LogP contribution in [0.25, 0.3) is 0 Å². The third-order valence-corrected chi connectivity index (χ3v) is 3.17. The number of alkyl halides is 1. The first-order chi connectivity index (χ1) is 7.16. The van der Waals surface area contributed by atoms with E-state index in [0.29, 0.717) is 12.6 Å². The average molecular weight is 214 g/mol. The van der Waals surface area contributed by atoms with E-state index in [0.717, 1.165) is 31.9 Å². The van der Waals surface area contributed by atoms with Crippen molar-refractivity contribution in [1.82, 2.24) is 10.2 Å². The quantitative estimate of drug-likeness (QED) is 0.756. The van der Waals surface area contributed by atoms with Gasteiger partial charge in [0.25, 0.3) is 0 Å². The molecule has 0 spiro atoms. The Balaban J connectivity index is 1.80. The molecule has 0 radical (unpaired) electrons. The van der Waals surface area contributed by atoms with Crippen molar-refractivity contribution >= 4 is 0 Å². The molecule has 4 heteroatoms. The Labute approximate surface area is 90.3 Å². The van der Waals surface area contributed by atoms with Crippen LogP contribution >= 0.6 is 0 Å². The highest BCUT2D eigenvalue weighted by Crippen LogP contribution is 2.18. The number of allylic oxidation sites excluding steroid dienone is 1. The van der Waals surface area contributed by atoms with Gasteiger partial charge in [-0.25, -0.2) is 4.39 Å². The fourth-order valence-electron chi connectivity index (χ4n) is 2.07. The smallest absolute Gasteiger partial charge is 0.133 e. The zero-order valence-corrected chi connectivity index (χ0v) is 9.21. The third-order valence-electron chi connectivity index (χ3n) is 3.17. The molecule has 15 heavy (non-hydrogen) atoms. The lowest BCUT2D eigenvalue weighted by atomic mass is 10.0. The van der Waals surface area contributed by atoms with E-state index in [1.54, 1.807) is 0 Å². The second-order valence-electron chi connectivity index (χ2n) is 4.49. The minimum atomic E-state index is -0.795. The molecule has 2 aliphatic heterocycles. The molecule has 0 aliphatic carbocycles. The number of rotatable bonds is 3. The second-order valence-corrected chi connectivity index (χ2v) is 4.49. The van der Waals surface area contributed by atoms with E-state index in [2.05, 4.69) is 11.9 Å². The van der Waals surface area contributed by atoms with Crippen molar-refractivity contribution in [2.24, 2.45) is 0 Å². The summed E-state index contributed by atoms with van der Waals surface area (Å²) in [4.78, 5) is 2.01. The van der Waals surface area contributed by atoms with Crippen molar-refractivity contribution in [3.05, 3.63) is 12.3 Å². The molecule has 2 heterocycles. The Kier molecular flexibility index (Phi) is 3.26. The molecule has 2 aliphatic rings. The number of nitrogens with zero attached hydrogens (tertiary/aromatic N) is 1. The van der Waals surface area contributed by atoms with E-state index >= 15 is 0 Å². The molecule has 2 saturated heterocycles. The zero-order valence-electron chi connectivity index (χ0n) is 9.21. The Hall–Kier alpha value is -0.610. The number of nitrogens with one attached hydrogen (secondary N) is 1. The number of halogens is 1. The van der Waals surface area contributed by atoms with Crippen LogP contribution in [-0.4, -0.2) is 49.5 Å². The summed E-state index contributed by atoms with van der Waals surface area (Å²) in [5, 5.41) is 3.31. The molecule has 2 unspecified atom stereocenters. The lowest BCUT2D eigenvalue weighted by Gasteiger charge is -2.39. The van der Waals surface area contributed by atoms with Gasteiger partial charge in [0, 0.05) is 18.3 Å². The number of ether oxygens (including phenoxy) is 1. The van der Waals surface area contributed by atoms with Crippen LogP contribution in [0.15, 0.2) is 12.3 Å². The Bertz CT molecular complexity index is 243. The summed E-state index contributed by atoms with van der Waals surface area (Å²) in [6.45, 7) is 8.61. The van der Waals surface area contributed by atoms with E-state index < -0.39 is 6.17 Å². The lowest BCUT2D eigenvalue weighted by molar-refractivity contribution is -0.0201. The number of hydrogen-bond donors (Lipinski definition) is 1. The van der Waals surface area contributed by atoms with Crippen molar-refractivity contribution in [1.29, 1.82) is 0 Å². The number of hydrogen-bond acceptors (Lipinski definition) is 3. The van der Waals surface area contributed by atoms with Crippen LogP contribution in [0.2, 0.25) is 0 Å². The van der Waals surface area contributed by atoms with E-state index in [4.69, 9.17) is 4.74 Å². The van der Waals surface area contributed by atoms with Gasteiger partial charge >= 0.3 is 0 Å². The van der Waals surface area contributed by atoms with Crippen molar-refractivity contribution in [3.63, 3.8) is 0 Å². The molecule has 0 aromatic rings. The predicted molar refractivity (Wildman–Crippen MR) is 57.4 cm³/mol. The van der Waals surface area contributed by atoms with Gasteiger partial charge in [-0.2, -0.15) is 0 Å². The van der Waals surface area contributed by atoms with Crippen molar-refractivity contribution in [3.8, 4) is 0 Å². The maximum atomic E-state index is 13.8. The standard InChI is InChI=1S/C11H19FN2O/c1-8(2)14-4-3-11(10(12)5-14)13-9-6-15-7-9/h9-11,13H,1,3-7H2,2H3.